The zero-order valence-corrected chi connectivity index (χ0v) is 11.6. The summed E-state index contributed by atoms with van der Waals surface area (Å²) in [5.74, 6) is 0.0239. The summed E-state index contributed by atoms with van der Waals surface area (Å²) in [7, 11) is 0. The van der Waals surface area contributed by atoms with Crippen LogP contribution >= 0.6 is 0 Å². The van der Waals surface area contributed by atoms with Crippen molar-refractivity contribution in [2.24, 2.45) is 11.7 Å². The molecule has 2 atom stereocenters. The summed E-state index contributed by atoms with van der Waals surface area (Å²) < 4.78 is 10.4. The van der Waals surface area contributed by atoms with Gasteiger partial charge in [0.1, 0.15) is 0 Å². The molecule has 1 saturated heterocycles. The van der Waals surface area contributed by atoms with Gasteiger partial charge in [0, 0.05) is 17.3 Å². The Balaban J connectivity index is 1.76. The lowest BCUT2D eigenvalue weighted by atomic mass is 10.0. The van der Waals surface area contributed by atoms with Crippen molar-refractivity contribution in [3.8, 4) is 11.5 Å². The minimum Gasteiger partial charge on any atom is -0.423 e. The number of amides is 1. The fourth-order valence-electron chi connectivity index (χ4n) is 2.30. The second-order valence-corrected chi connectivity index (χ2v) is 5.07. The molecule has 1 aliphatic rings. The number of hydrogen-bond acceptors (Lipinski definition) is 6. The molecule has 3 N–H and O–H groups in total. The highest BCUT2D eigenvalue weighted by Crippen LogP contribution is 2.24. The van der Waals surface area contributed by atoms with Gasteiger partial charge in [-0.3, -0.25) is 4.79 Å². The van der Waals surface area contributed by atoms with E-state index in [2.05, 4.69) is 15.5 Å². The summed E-state index contributed by atoms with van der Waals surface area (Å²) in [5, 5.41) is 10.4. The smallest absolute Gasteiger partial charge is 0.247 e. The molecule has 1 amide bonds. The molecule has 3 rings (SSSR count). The van der Waals surface area contributed by atoms with Crippen LogP contribution in [0.3, 0.4) is 0 Å². The molecule has 2 aromatic rings. The summed E-state index contributed by atoms with van der Waals surface area (Å²) in [6.07, 6.45) is 1.28. The van der Waals surface area contributed by atoms with E-state index in [1.807, 2.05) is 25.1 Å². The van der Waals surface area contributed by atoms with E-state index >= 15 is 0 Å². The molecular formula is C14H16N4O3. The summed E-state index contributed by atoms with van der Waals surface area (Å²) in [6, 6.07) is 5.27. The van der Waals surface area contributed by atoms with E-state index in [0.717, 1.165) is 16.8 Å². The first kappa shape index (κ1) is 13.7. The minimum atomic E-state index is -0.306. The van der Waals surface area contributed by atoms with E-state index in [9.17, 15) is 4.79 Å². The lowest BCUT2D eigenvalue weighted by Gasteiger charge is -2.15. The highest BCUT2D eigenvalue weighted by atomic mass is 16.5. The van der Waals surface area contributed by atoms with Gasteiger partial charge in [-0.1, -0.05) is 0 Å². The van der Waals surface area contributed by atoms with Gasteiger partial charge in [-0.05, 0) is 30.7 Å². The minimum absolute atomic E-state index is 0.117. The van der Waals surface area contributed by atoms with Gasteiger partial charge in [-0.25, -0.2) is 0 Å². The van der Waals surface area contributed by atoms with Gasteiger partial charge in [0.2, 0.25) is 18.2 Å². The number of benzene rings is 1. The molecule has 0 saturated carbocycles. The van der Waals surface area contributed by atoms with E-state index in [-0.39, 0.29) is 17.9 Å². The van der Waals surface area contributed by atoms with E-state index in [1.165, 1.54) is 6.39 Å². The van der Waals surface area contributed by atoms with Crippen LogP contribution in [-0.2, 0) is 9.53 Å². The Bertz CT molecular complexity index is 642. The molecule has 1 aromatic heterocycles. The largest absolute Gasteiger partial charge is 0.423 e. The number of rotatable bonds is 3. The van der Waals surface area contributed by atoms with Crippen molar-refractivity contribution in [3.05, 3.63) is 30.2 Å². The van der Waals surface area contributed by atoms with Gasteiger partial charge in [-0.15, -0.1) is 10.2 Å². The van der Waals surface area contributed by atoms with Crippen molar-refractivity contribution >= 4 is 11.6 Å². The Labute approximate surface area is 121 Å². The zero-order chi connectivity index (χ0) is 14.8. The molecule has 0 bridgehead atoms. The van der Waals surface area contributed by atoms with E-state index < -0.39 is 0 Å². The van der Waals surface area contributed by atoms with Crippen LogP contribution in [0.25, 0.3) is 11.5 Å². The number of nitrogens with two attached hydrogens (primary N) is 1. The average Bonchev–Trinajstić information content (AvgIpc) is 3.12. The topological polar surface area (TPSA) is 103 Å². The van der Waals surface area contributed by atoms with Crippen LogP contribution in [0.2, 0.25) is 0 Å². The Morgan fingerprint density at radius 2 is 2.29 bits per heavy atom. The molecule has 110 valence electrons. The summed E-state index contributed by atoms with van der Waals surface area (Å²) in [6.45, 7) is 2.69. The first-order chi connectivity index (χ1) is 10.1. The number of hydrogen-bond donors (Lipinski definition) is 2. The fourth-order valence-corrected chi connectivity index (χ4v) is 2.30. The third kappa shape index (κ3) is 2.79. The first-order valence-corrected chi connectivity index (χ1v) is 6.66. The number of nitrogens with one attached hydrogen (secondary N) is 1. The van der Waals surface area contributed by atoms with Crippen LogP contribution in [0.1, 0.15) is 5.56 Å². The van der Waals surface area contributed by atoms with E-state index in [4.69, 9.17) is 14.9 Å². The standard InChI is InChI=1S/C14H16N4O3/c1-8-4-9(14-18-16-7-21-14)2-3-12(8)17-13(19)10-5-20-6-11(10)15/h2-4,7,10-11H,5-6,15H2,1H3,(H,17,19). The normalized spacial score (nSPS) is 21.4. The van der Waals surface area contributed by atoms with Crippen LogP contribution in [-0.4, -0.2) is 35.4 Å². The van der Waals surface area contributed by atoms with Crippen molar-refractivity contribution in [2.45, 2.75) is 13.0 Å². The SMILES string of the molecule is Cc1cc(-c2nnco2)ccc1NC(=O)C1COCC1N. The number of aryl methyl sites for hydroxylation is 1. The molecule has 0 radical (unpaired) electrons. The molecular weight excluding hydrogens is 272 g/mol. The lowest BCUT2D eigenvalue weighted by Crippen LogP contribution is -2.37. The molecule has 7 heteroatoms. The van der Waals surface area contributed by atoms with Crippen molar-refractivity contribution in [2.75, 3.05) is 18.5 Å². The van der Waals surface area contributed by atoms with Gasteiger partial charge in [0.25, 0.3) is 0 Å². The third-order valence-corrected chi connectivity index (χ3v) is 3.55. The van der Waals surface area contributed by atoms with Gasteiger partial charge in [0.05, 0.1) is 19.1 Å². The number of nitrogens with zero attached hydrogens (tertiary/aromatic N) is 2. The molecule has 21 heavy (non-hydrogen) atoms. The Hall–Kier alpha value is -2.25. The van der Waals surface area contributed by atoms with Crippen molar-refractivity contribution < 1.29 is 13.9 Å². The average molecular weight is 288 g/mol. The van der Waals surface area contributed by atoms with Crippen LogP contribution in [0.4, 0.5) is 5.69 Å². The summed E-state index contributed by atoms with van der Waals surface area (Å²) in [5.41, 5.74) is 8.30. The number of ether oxygens (including phenoxy) is 1. The van der Waals surface area contributed by atoms with Crippen LogP contribution in [0.5, 0.6) is 0 Å². The van der Waals surface area contributed by atoms with Crippen molar-refractivity contribution in [1.82, 2.24) is 10.2 Å². The molecule has 0 spiro atoms. The second kappa shape index (κ2) is 5.63. The Kier molecular flexibility index (Phi) is 3.68. The molecule has 0 aliphatic carbocycles. The van der Waals surface area contributed by atoms with Crippen LogP contribution < -0.4 is 11.1 Å². The predicted octanol–water partition coefficient (Wildman–Crippen LogP) is 0.957. The Morgan fingerprint density at radius 3 is 2.90 bits per heavy atom. The molecule has 1 fully saturated rings. The first-order valence-electron chi connectivity index (χ1n) is 6.66. The molecule has 2 heterocycles. The highest BCUT2D eigenvalue weighted by molar-refractivity contribution is 5.94. The van der Waals surface area contributed by atoms with Gasteiger partial charge in [0.15, 0.2) is 0 Å². The van der Waals surface area contributed by atoms with Crippen molar-refractivity contribution in [3.63, 3.8) is 0 Å². The van der Waals surface area contributed by atoms with E-state index in [1.54, 1.807) is 0 Å². The Morgan fingerprint density at radius 1 is 1.43 bits per heavy atom. The maximum atomic E-state index is 12.2. The summed E-state index contributed by atoms with van der Waals surface area (Å²) in [4.78, 5) is 12.2. The van der Waals surface area contributed by atoms with Gasteiger partial charge < -0.3 is 20.2 Å². The second-order valence-electron chi connectivity index (χ2n) is 5.07. The van der Waals surface area contributed by atoms with Gasteiger partial charge in [-0.2, -0.15) is 0 Å². The molecule has 1 aromatic carbocycles. The number of anilines is 1. The fraction of sp³-hybridized carbons (Fsp3) is 0.357. The third-order valence-electron chi connectivity index (χ3n) is 3.55. The number of carbonyl (C=O) groups excluding carboxylic acids is 1. The predicted molar refractivity (Wildman–Crippen MR) is 75.4 cm³/mol. The quantitative estimate of drug-likeness (QED) is 0.871. The van der Waals surface area contributed by atoms with Crippen LogP contribution in [0.15, 0.2) is 29.0 Å². The lowest BCUT2D eigenvalue weighted by molar-refractivity contribution is -0.120. The highest BCUT2D eigenvalue weighted by Gasteiger charge is 2.31. The number of carbonyl (C=O) groups is 1. The van der Waals surface area contributed by atoms with Crippen molar-refractivity contribution in [1.29, 1.82) is 0 Å². The molecule has 2 unspecified atom stereocenters. The van der Waals surface area contributed by atoms with Crippen LogP contribution in [0, 0.1) is 12.8 Å². The summed E-state index contributed by atoms with van der Waals surface area (Å²) >= 11 is 0. The number of aromatic nitrogens is 2. The monoisotopic (exact) mass is 288 g/mol. The molecule has 7 nitrogen and oxygen atoms in total. The zero-order valence-electron chi connectivity index (χ0n) is 11.6. The van der Waals surface area contributed by atoms with Gasteiger partial charge >= 0.3 is 0 Å². The van der Waals surface area contributed by atoms with E-state index in [0.29, 0.717) is 19.1 Å². The maximum Gasteiger partial charge on any atom is 0.247 e. The maximum absolute atomic E-state index is 12.2. The molecule has 1 aliphatic heterocycles.